The lowest BCUT2D eigenvalue weighted by Crippen LogP contribution is -2.37. The first-order valence-corrected chi connectivity index (χ1v) is 6.33. The van der Waals surface area contributed by atoms with Crippen molar-refractivity contribution in [2.45, 2.75) is 38.4 Å². The minimum atomic E-state index is -0.271. The van der Waals surface area contributed by atoms with Crippen LogP contribution in [0.15, 0.2) is 24.3 Å². The maximum absolute atomic E-state index is 8.64. The molecule has 0 radical (unpaired) electrons. The Morgan fingerprint density at radius 1 is 1.22 bits per heavy atom. The van der Waals surface area contributed by atoms with Gasteiger partial charge in [-0.05, 0) is 24.9 Å². The highest BCUT2D eigenvalue weighted by atomic mass is 16.7. The van der Waals surface area contributed by atoms with Crippen LogP contribution in [0.5, 0.6) is 0 Å². The first-order chi connectivity index (χ1) is 8.51. The second-order valence-corrected chi connectivity index (χ2v) is 5.58. The lowest BCUT2D eigenvalue weighted by Gasteiger charge is -2.14. The summed E-state index contributed by atoms with van der Waals surface area (Å²) in [5.74, 6) is 0.444. The second-order valence-electron chi connectivity index (χ2n) is 5.58. The fraction of sp³-hybridized carbons (Fsp3) is 0.500. The number of hydrogen-bond acceptors (Lipinski definition) is 3. The van der Waals surface area contributed by atoms with E-state index in [1.54, 1.807) is 0 Å². The zero-order valence-corrected chi connectivity index (χ0v) is 10.9. The van der Waals surface area contributed by atoms with Crippen LogP contribution in [0.25, 0.3) is 0 Å². The van der Waals surface area contributed by atoms with E-state index in [1.165, 1.54) is 0 Å². The van der Waals surface area contributed by atoms with Gasteiger partial charge in [0, 0.05) is 5.92 Å². The molecule has 2 fully saturated rings. The highest BCUT2D eigenvalue weighted by Crippen LogP contribution is 2.63. The summed E-state index contributed by atoms with van der Waals surface area (Å²) in [4.78, 5) is 0. The number of benzene rings is 1. The summed E-state index contributed by atoms with van der Waals surface area (Å²) in [6.45, 7) is 6.38. The molecule has 3 nitrogen and oxygen atoms in total. The standard InChI is InChI=1S/C14H16BNO2/c1-10-13(2)14(10,3)18-15(17-13)12-6-4-11(5-7-12)8-9-16/h4-7,10H,8H2,1-3H3. The van der Waals surface area contributed by atoms with E-state index in [2.05, 4.69) is 26.8 Å². The summed E-state index contributed by atoms with van der Waals surface area (Å²) in [5.41, 5.74) is 1.75. The van der Waals surface area contributed by atoms with Gasteiger partial charge in [-0.25, -0.2) is 0 Å². The monoisotopic (exact) mass is 241 g/mol. The minimum Gasteiger partial charge on any atom is -0.399 e. The van der Waals surface area contributed by atoms with Crippen molar-refractivity contribution in [1.82, 2.24) is 0 Å². The van der Waals surface area contributed by atoms with E-state index in [1.807, 2.05) is 24.3 Å². The average molecular weight is 241 g/mol. The van der Waals surface area contributed by atoms with Crippen molar-refractivity contribution < 1.29 is 9.31 Å². The molecule has 1 heterocycles. The van der Waals surface area contributed by atoms with Crippen molar-refractivity contribution in [3.8, 4) is 6.07 Å². The molecule has 1 aromatic carbocycles. The summed E-state index contributed by atoms with van der Waals surface area (Å²) < 4.78 is 12.1. The van der Waals surface area contributed by atoms with Crippen molar-refractivity contribution >= 4 is 12.6 Å². The van der Waals surface area contributed by atoms with Gasteiger partial charge in [-0.3, -0.25) is 0 Å². The molecule has 1 aliphatic carbocycles. The maximum atomic E-state index is 8.64. The summed E-state index contributed by atoms with van der Waals surface area (Å²) in [6.07, 6.45) is 0.444. The van der Waals surface area contributed by atoms with Crippen molar-refractivity contribution in [1.29, 1.82) is 5.26 Å². The van der Waals surface area contributed by atoms with Crippen LogP contribution in [-0.4, -0.2) is 18.3 Å². The molecule has 1 aromatic rings. The third-order valence-electron chi connectivity index (χ3n) is 4.79. The molecule has 0 aromatic heterocycles. The molecule has 2 unspecified atom stereocenters. The number of fused-ring (bicyclic) bond motifs is 1. The number of nitriles is 1. The third kappa shape index (κ3) is 1.38. The zero-order chi connectivity index (χ0) is 13.0. The SMILES string of the molecule is CC1C2(C)OB(c3ccc(CC#N)cc3)OC12C. The molecule has 2 aliphatic rings. The molecular formula is C14H16BNO2. The van der Waals surface area contributed by atoms with Gasteiger partial charge in [-0.2, -0.15) is 5.26 Å². The van der Waals surface area contributed by atoms with E-state index >= 15 is 0 Å². The van der Waals surface area contributed by atoms with Gasteiger partial charge in [0.05, 0.1) is 23.7 Å². The van der Waals surface area contributed by atoms with Gasteiger partial charge in [0.2, 0.25) is 0 Å². The molecule has 0 spiro atoms. The third-order valence-corrected chi connectivity index (χ3v) is 4.79. The van der Waals surface area contributed by atoms with Gasteiger partial charge in [-0.1, -0.05) is 31.2 Å². The maximum Gasteiger partial charge on any atom is 0.494 e. The van der Waals surface area contributed by atoms with E-state index in [4.69, 9.17) is 14.6 Å². The molecule has 0 N–H and O–H groups in total. The van der Waals surface area contributed by atoms with Gasteiger partial charge in [-0.15, -0.1) is 0 Å². The number of hydrogen-bond donors (Lipinski definition) is 0. The molecule has 0 bridgehead atoms. The molecular weight excluding hydrogens is 225 g/mol. The second kappa shape index (κ2) is 3.60. The molecule has 3 rings (SSSR count). The Hall–Kier alpha value is -1.31. The highest BCUT2D eigenvalue weighted by molar-refractivity contribution is 6.62. The number of rotatable bonds is 2. The molecule has 1 saturated heterocycles. The zero-order valence-electron chi connectivity index (χ0n) is 10.9. The lowest BCUT2D eigenvalue weighted by atomic mass is 9.78. The fourth-order valence-electron chi connectivity index (χ4n) is 2.91. The van der Waals surface area contributed by atoms with Crippen LogP contribution < -0.4 is 5.46 Å². The Balaban J connectivity index is 1.77. The van der Waals surface area contributed by atoms with Crippen LogP contribution in [-0.2, 0) is 15.7 Å². The molecule has 4 heteroatoms. The molecule has 0 amide bonds. The van der Waals surface area contributed by atoms with Crippen LogP contribution in [0.1, 0.15) is 26.3 Å². The Morgan fingerprint density at radius 3 is 2.28 bits per heavy atom. The van der Waals surface area contributed by atoms with Crippen molar-refractivity contribution in [2.75, 3.05) is 0 Å². The Kier molecular flexibility index (Phi) is 2.35. The van der Waals surface area contributed by atoms with Crippen molar-refractivity contribution in [3.63, 3.8) is 0 Å². The quantitative estimate of drug-likeness (QED) is 0.739. The van der Waals surface area contributed by atoms with Gasteiger partial charge >= 0.3 is 7.12 Å². The largest absolute Gasteiger partial charge is 0.494 e. The summed E-state index contributed by atoms with van der Waals surface area (Å²) >= 11 is 0. The van der Waals surface area contributed by atoms with E-state index < -0.39 is 0 Å². The van der Waals surface area contributed by atoms with Crippen LogP contribution >= 0.6 is 0 Å². The van der Waals surface area contributed by atoms with Gasteiger partial charge in [0.15, 0.2) is 0 Å². The Morgan fingerprint density at radius 2 is 1.78 bits per heavy atom. The van der Waals surface area contributed by atoms with Gasteiger partial charge in [0.25, 0.3) is 0 Å². The summed E-state index contributed by atoms with van der Waals surface area (Å²) in [7, 11) is -0.271. The molecule has 1 aliphatic heterocycles. The van der Waals surface area contributed by atoms with Crippen molar-refractivity contribution in [2.24, 2.45) is 5.92 Å². The topological polar surface area (TPSA) is 42.2 Å². The Labute approximate surface area is 108 Å². The smallest absolute Gasteiger partial charge is 0.399 e. The predicted octanol–water partition coefficient (Wildman–Crippen LogP) is 1.66. The van der Waals surface area contributed by atoms with Crippen LogP contribution in [0.2, 0.25) is 0 Å². The van der Waals surface area contributed by atoms with Crippen LogP contribution in [0.3, 0.4) is 0 Å². The lowest BCUT2D eigenvalue weighted by molar-refractivity contribution is 0.187. The predicted molar refractivity (Wildman–Crippen MR) is 69.3 cm³/mol. The first-order valence-electron chi connectivity index (χ1n) is 6.33. The fourth-order valence-corrected chi connectivity index (χ4v) is 2.91. The van der Waals surface area contributed by atoms with Crippen LogP contribution in [0, 0.1) is 17.2 Å². The highest BCUT2D eigenvalue weighted by Gasteiger charge is 2.77. The van der Waals surface area contributed by atoms with Crippen LogP contribution in [0.4, 0.5) is 0 Å². The molecule has 18 heavy (non-hydrogen) atoms. The summed E-state index contributed by atoms with van der Waals surface area (Å²) in [5, 5.41) is 8.64. The van der Waals surface area contributed by atoms with Gasteiger partial charge < -0.3 is 9.31 Å². The molecule has 1 saturated carbocycles. The van der Waals surface area contributed by atoms with Gasteiger partial charge in [0.1, 0.15) is 0 Å². The average Bonchev–Trinajstić information content (AvgIpc) is 2.65. The first kappa shape index (κ1) is 11.8. The van der Waals surface area contributed by atoms with E-state index in [0.717, 1.165) is 11.0 Å². The number of nitrogens with zero attached hydrogens (tertiary/aromatic N) is 1. The Bertz CT molecular complexity index is 506. The normalized spacial score (nSPS) is 37.2. The van der Waals surface area contributed by atoms with E-state index in [0.29, 0.717) is 12.3 Å². The van der Waals surface area contributed by atoms with E-state index in [-0.39, 0.29) is 18.3 Å². The summed E-state index contributed by atoms with van der Waals surface area (Å²) in [6, 6.07) is 10.0. The molecule has 92 valence electrons. The minimum absolute atomic E-state index is 0.150. The van der Waals surface area contributed by atoms with Crippen molar-refractivity contribution in [3.05, 3.63) is 29.8 Å². The molecule has 2 atom stereocenters. The van der Waals surface area contributed by atoms with E-state index in [9.17, 15) is 0 Å².